The fourth-order valence-electron chi connectivity index (χ4n) is 1.60. The Morgan fingerprint density at radius 3 is 2.72 bits per heavy atom. The molecule has 1 aromatic heterocycles. The van der Waals surface area contributed by atoms with E-state index in [1.807, 2.05) is 48.9 Å². The lowest BCUT2D eigenvalue weighted by atomic mass is 10.2. The summed E-state index contributed by atoms with van der Waals surface area (Å²) in [6.45, 7) is 0.636. The van der Waals surface area contributed by atoms with Crippen LogP contribution in [-0.4, -0.2) is 17.8 Å². The van der Waals surface area contributed by atoms with Crippen molar-refractivity contribution in [3.05, 3.63) is 48.2 Å². The van der Waals surface area contributed by atoms with E-state index in [2.05, 4.69) is 4.98 Å². The van der Waals surface area contributed by atoms with Crippen LogP contribution in [0.5, 0.6) is 11.6 Å². The standard InChI is InChI=1S/C14H16N2OS/c1-18-13-5-3-2-4-12(13)17-14-7-6-11(8-9-15)10-16-14/h2-7,10H,8-9,15H2,1H3. The van der Waals surface area contributed by atoms with Crippen molar-refractivity contribution >= 4 is 11.8 Å². The van der Waals surface area contributed by atoms with Gasteiger partial charge in [0.2, 0.25) is 5.88 Å². The maximum atomic E-state index is 5.77. The molecular weight excluding hydrogens is 244 g/mol. The van der Waals surface area contributed by atoms with Crippen LogP contribution < -0.4 is 10.5 Å². The zero-order valence-corrected chi connectivity index (χ0v) is 11.1. The Bertz CT molecular complexity index is 499. The Morgan fingerprint density at radius 2 is 2.06 bits per heavy atom. The first-order chi connectivity index (χ1) is 8.83. The molecule has 0 saturated carbocycles. The lowest BCUT2D eigenvalue weighted by Crippen LogP contribution is -2.02. The molecule has 1 heterocycles. The van der Waals surface area contributed by atoms with Crippen molar-refractivity contribution in [1.29, 1.82) is 0 Å². The minimum Gasteiger partial charge on any atom is -0.438 e. The number of nitrogens with zero attached hydrogens (tertiary/aromatic N) is 1. The van der Waals surface area contributed by atoms with E-state index in [1.165, 1.54) is 0 Å². The second-order valence-electron chi connectivity index (χ2n) is 3.80. The maximum Gasteiger partial charge on any atom is 0.219 e. The summed E-state index contributed by atoms with van der Waals surface area (Å²) in [5, 5.41) is 0. The third kappa shape index (κ3) is 3.24. The second-order valence-corrected chi connectivity index (χ2v) is 4.64. The minimum absolute atomic E-state index is 0.609. The van der Waals surface area contributed by atoms with Gasteiger partial charge >= 0.3 is 0 Å². The molecule has 0 aliphatic heterocycles. The molecule has 0 fully saturated rings. The van der Waals surface area contributed by atoms with E-state index in [9.17, 15) is 0 Å². The van der Waals surface area contributed by atoms with Gasteiger partial charge in [-0.3, -0.25) is 0 Å². The smallest absolute Gasteiger partial charge is 0.219 e. The lowest BCUT2D eigenvalue weighted by Gasteiger charge is -2.08. The Balaban J connectivity index is 2.13. The van der Waals surface area contributed by atoms with Crippen molar-refractivity contribution in [1.82, 2.24) is 4.98 Å². The fourth-order valence-corrected chi connectivity index (χ4v) is 2.13. The van der Waals surface area contributed by atoms with Gasteiger partial charge < -0.3 is 10.5 Å². The average molecular weight is 260 g/mol. The number of para-hydroxylation sites is 1. The molecule has 0 radical (unpaired) electrons. The van der Waals surface area contributed by atoms with Crippen LogP contribution in [0.3, 0.4) is 0 Å². The SMILES string of the molecule is CSc1ccccc1Oc1ccc(CCN)cn1. The van der Waals surface area contributed by atoms with E-state index in [0.717, 1.165) is 22.6 Å². The number of thioether (sulfide) groups is 1. The summed E-state index contributed by atoms with van der Waals surface area (Å²) < 4.78 is 5.77. The monoisotopic (exact) mass is 260 g/mol. The molecule has 2 N–H and O–H groups in total. The van der Waals surface area contributed by atoms with Gasteiger partial charge in [0.25, 0.3) is 0 Å². The molecule has 0 aliphatic rings. The number of hydrogen-bond acceptors (Lipinski definition) is 4. The van der Waals surface area contributed by atoms with Crippen molar-refractivity contribution in [3.8, 4) is 11.6 Å². The summed E-state index contributed by atoms with van der Waals surface area (Å²) in [6.07, 6.45) is 4.68. The van der Waals surface area contributed by atoms with Crippen LogP contribution in [-0.2, 0) is 6.42 Å². The van der Waals surface area contributed by atoms with Gasteiger partial charge in [0, 0.05) is 17.2 Å². The first kappa shape index (κ1) is 12.9. The molecule has 0 bridgehead atoms. The van der Waals surface area contributed by atoms with Gasteiger partial charge in [-0.05, 0) is 36.9 Å². The van der Waals surface area contributed by atoms with E-state index in [-0.39, 0.29) is 0 Å². The number of pyridine rings is 1. The molecule has 0 spiro atoms. The van der Waals surface area contributed by atoms with Crippen LogP contribution in [0.2, 0.25) is 0 Å². The van der Waals surface area contributed by atoms with E-state index in [4.69, 9.17) is 10.5 Å². The first-order valence-corrected chi connectivity index (χ1v) is 7.02. The largest absolute Gasteiger partial charge is 0.438 e. The molecule has 0 saturated heterocycles. The molecule has 3 nitrogen and oxygen atoms in total. The zero-order chi connectivity index (χ0) is 12.8. The normalized spacial score (nSPS) is 10.3. The third-order valence-corrected chi connectivity index (χ3v) is 3.29. The van der Waals surface area contributed by atoms with Crippen molar-refractivity contribution in [2.24, 2.45) is 5.73 Å². The highest BCUT2D eigenvalue weighted by Crippen LogP contribution is 2.30. The molecule has 4 heteroatoms. The van der Waals surface area contributed by atoms with Crippen LogP contribution >= 0.6 is 11.8 Å². The second kappa shape index (κ2) is 6.42. The first-order valence-electron chi connectivity index (χ1n) is 5.79. The van der Waals surface area contributed by atoms with Crippen molar-refractivity contribution < 1.29 is 4.74 Å². The number of nitrogens with two attached hydrogens (primary N) is 1. The van der Waals surface area contributed by atoms with Gasteiger partial charge in [-0.25, -0.2) is 4.98 Å². The van der Waals surface area contributed by atoms with Gasteiger partial charge in [0.15, 0.2) is 0 Å². The number of hydrogen-bond donors (Lipinski definition) is 1. The molecule has 18 heavy (non-hydrogen) atoms. The van der Waals surface area contributed by atoms with Crippen LogP contribution in [0.15, 0.2) is 47.5 Å². The predicted octanol–water partition coefficient (Wildman–Crippen LogP) is 3.10. The molecule has 94 valence electrons. The molecule has 0 unspecified atom stereocenters. The van der Waals surface area contributed by atoms with Gasteiger partial charge in [0.1, 0.15) is 5.75 Å². The number of benzene rings is 1. The van der Waals surface area contributed by atoms with Gasteiger partial charge in [-0.15, -0.1) is 11.8 Å². The maximum absolute atomic E-state index is 5.77. The summed E-state index contributed by atoms with van der Waals surface area (Å²) >= 11 is 1.66. The van der Waals surface area contributed by atoms with Crippen LogP contribution in [0, 0.1) is 0 Å². The molecular formula is C14H16N2OS. The van der Waals surface area contributed by atoms with Crippen LogP contribution in [0.1, 0.15) is 5.56 Å². The molecule has 0 amide bonds. The van der Waals surface area contributed by atoms with Crippen molar-refractivity contribution in [2.45, 2.75) is 11.3 Å². The molecule has 2 rings (SSSR count). The van der Waals surface area contributed by atoms with Crippen molar-refractivity contribution in [2.75, 3.05) is 12.8 Å². The predicted molar refractivity (Wildman–Crippen MR) is 75.3 cm³/mol. The number of aromatic nitrogens is 1. The summed E-state index contributed by atoms with van der Waals surface area (Å²) in [5.74, 6) is 1.45. The lowest BCUT2D eigenvalue weighted by molar-refractivity contribution is 0.452. The molecule has 2 aromatic rings. The van der Waals surface area contributed by atoms with E-state index >= 15 is 0 Å². The quantitative estimate of drug-likeness (QED) is 0.839. The highest BCUT2D eigenvalue weighted by molar-refractivity contribution is 7.98. The number of ether oxygens (including phenoxy) is 1. The zero-order valence-electron chi connectivity index (χ0n) is 10.3. The summed E-state index contributed by atoms with van der Waals surface area (Å²) in [5.41, 5.74) is 6.63. The number of rotatable bonds is 5. The highest BCUT2D eigenvalue weighted by atomic mass is 32.2. The molecule has 0 aliphatic carbocycles. The Hall–Kier alpha value is -1.52. The Kier molecular flexibility index (Phi) is 4.61. The minimum atomic E-state index is 0.609. The van der Waals surface area contributed by atoms with Crippen LogP contribution in [0.4, 0.5) is 0 Å². The Morgan fingerprint density at radius 1 is 1.22 bits per heavy atom. The molecule has 0 atom stereocenters. The van der Waals surface area contributed by atoms with Gasteiger partial charge in [-0.2, -0.15) is 0 Å². The summed E-state index contributed by atoms with van der Waals surface area (Å²) in [4.78, 5) is 5.38. The van der Waals surface area contributed by atoms with Gasteiger partial charge in [-0.1, -0.05) is 18.2 Å². The summed E-state index contributed by atoms with van der Waals surface area (Å²) in [6, 6.07) is 11.8. The van der Waals surface area contributed by atoms with E-state index in [0.29, 0.717) is 12.4 Å². The van der Waals surface area contributed by atoms with Crippen LogP contribution in [0.25, 0.3) is 0 Å². The van der Waals surface area contributed by atoms with Crippen molar-refractivity contribution in [3.63, 3.8) is 0 Å². The highest BCUT2D eigenvalue weighted by Gasteiger charge is 2.04. The summed E-state index contributed by atoms with van der Waals surface area (Å²) in [7, 11) is 0. The average Bonchev–Trinajstić information content (AvgIpc) is 2.42. The van der Waals surface area contributed by atoms with E-state index < -0.39 is 0 Å². The van der Waals surface area contributed by atoms with Gasteiger partial charge in [0.05, 0.1) is 0 Å². The van der Waals surface area contributed by atoms with E-state index in [1.54, 1.807) is 11.8 Å². The topological polar surface area (TPSA) is 48.1 Å². The Labute approximate surface area is 111 Å². The third-order valence-electron chi connectivity index (χ3n) is 2.51. The molecule has 1 aromatic carbocycles. The fraction of sp³-hybridized carbons (Fsp3) is 0.214.